The third-order valence-electron chi connectivity index (χ3n) is 1.46. The van der Waals surface area contributed by atoms with Gasteiger partial charge in [0.2, 0.25) is 11.6 Å². The van der Waals surface area contributed by atoms with Gasteiger partial charge in [-0.3, -0.25) is 0 Å². The summed E-state index contributed by atoms with van der Waals surface area (Å²) in [5.41, 5.74) is 0.745. The first-order chi connectivity index (χ1) is 6.47. The highest BCUT2D eigenvalue weighted by Crippen LogP contribution is 2.38. The molecule has 2 rings (SSSR count). The van der Waals surface area contributed by atoms with Crippen LogP contribution in [0, 0.1) is 0 Å². The van der Waals surface area contributed by atoms with Crippen LogP contribution in [-0.4, -0.2) is 9.97 Å². The van der Waals surface area contributed by atoms with Crippen molar-refractivity contribution in [3.05, 3.63) is 23.2 Å². The maximum atomic E-state index is 5.70. The van der Waals surface area contributed by atoms with Gasteiger partial charge in [0.15, 0.2) is 0 Å². The van der Waals surface area contributed by atoms with E-state index in [-0.39, 0.29) is 11.6 Å². The number of nitrogens with zero attached hydrogens (tertiary/aromatic N) is 2. The Labute approximate surface area is 98.9 Å². The van der Waals surface area contributed by atoms with Gasteiger partial charge in [-0.2, -0.15) is 0 Å². The summed E-state index contributed by atoms with van der Waals surface area (Å²) in [6.45, 7) is 0. The Balaban J connectivity index is 2.63. The second kappa shape index (κ2) is 3.42. The molecule has 3 nitrogen and oxygen atoms in total. The van der Waals surface area contributed by atoms with Gasteiger partial charge < -0.3 is 4.42 Å². The first-order valence-corrected chi connectivity index (χ1v) is 4.97. The molecule has 2 heterocycles. The van der Waals surface area contributed by atoms with Gasteiger partial charge in [-0.05, 0) is 6.07 Å². The van der Waals surface area contributed by atoms with Crippen molar-refractivity contribution in [3.63, 3.8) is 0 Å². The highest BCUT2D eigenvalue weighted by molar-refractivity contribution is 6.66. The van der Waals surface area contributed by atoms with Crippen molar-refractivity contribution in [2.75, 3.05) is 0 Å². The fourth-order valence-electron chi connectivity index (χ4n) is 0.920. The fraction of sp³-hybridized carbons (Fsp3) is 0.143. The monoisotopic (exact) mass is 270 g/mol. The zero-order chi connectivity index (χ0) is 10.3. The third-order valence-corrected chi connectivity index (χ3v) is 2.15. The lowest BCUT2D eigenvalue weighted by atomic mass is 10.4. The smallest absolute Gasteiger partial charge is 0.266 e. The minimum Gasteiger partial charge on any atom is -0.418 e. The van der Waals surface area contributed by atoms with Crippen molar-refractivity contribution in [2.24, 2.45) is 0 Å². The predicted molar refractivity (Wildman–Crippen MR) is 56.1 cm³/mol. The number of rotatable bonds is 0. The molecule has 0 aliphatic carbocycles. The Bertz CT molecular complexity index is 476. The van der Waals surface area contributed by atoms with Crippen LogP contribution >= 0.6 is 46.4 Å². The summed E-state index contributed by atoms with van der Waals surface area (Å²) in [5.74, 6) is -0.0210. The largest absolute Gasteiger partial charge is 0.418 e. The molecule has 7 heteroatoms. The van der Waals surface area contributed by atoms with Crippen molar-refractivity contribution >= 4 is 57.6 Å². The SMILES string of the molecule is Clc1cnc2oc(C(Cl)(Cl)Cl)nc2c1. The molecule has 0 saturated carbocycles. The second-order valence-corrected chi connectivity index (χ2v) is 5.21. The molecule has 0 N–H and O–H groups in total. The topological polar surface area (TPSA) is 38.9 Å². The molecule has 0 amide bonds. The number of alkyl halides is 3. The number of aromatic nitrogens is 2. The van der Waals surface area contributed by atoms with Crippen LogP contribution in [0.4, 0.5) is 0 Å². The molecule has 74 valence electrons. The van der Waals surface area contributed by atoms with Crippen LogP contribution in [0.15, 0.2) is 16.7 Å². The molecule has 0 saturated heterocycles. The fourth-order valence-corrected chi connectivity index (χ4v) is 1.31. The summed E-state index contributed by atoms with van der Waals surface area (Å²) >= 11 is 22.5. The van der Waals surface area contributed by atoms with Crippen LogP contribution in [0.2, 0.25) is 5.02 Å². The van der Waals surface area contributed by atoms with Gasteiger partial charge in [0, 0.05) is 6.20 Å². The van der Waals surface area contributed by atoms with E-state index >= 15 is 0 Å². The molecule has 0 unspecified atom stereocenters. The molecular weight excluding hydrogens is 270 g/mol. The average Bonchev–Trinajstić information content (AvgIpc) is 2.45. The highest BCUT2D eigenvalue weighted by Gasteiger charge is 2.29. The molecule has 2 aromatic heterocycles. The van der Waals surface area contributed by atoms with Crippen molar-refractivity contribution < 1.29 is 4.42 Å². The number of hydrogen-bond donors (Lipinski definition) is 0. The van der Waals surface area contributed by atoms with Crippen molar-refractivity contribution in [1.82, 2.24) is 9.97 Å². The number of fused-ring (bicyclic) bond motifs is 1. The standard InChI is InChI=1S/C7H2Cl4N2O/c8-3-1-4-5(12-2-3)14-6(13-4)7(9,10)11/h1-2H. The number of oxazole rings is 1. The summed E-state index contributed by atoms with van der Waals surface area (Å²) in [6, 6.07) is 1.58. The van der Waals surface area contributed by atoms with Crippen LogP contribution < -0.4 is 0 Å². The minimum absolute atomic E-state index is 0.0210. The van der Waals surface area contributed by atoms with Gasteiger partial charge in [0.05, 0.1) is 5.02 Å². The number of pyridine rings is 1. The Morgan fingerprint density at radius 1 is 1.29 bits per heavy atom. The Hall–Kier alpha value is -0.220. The van der Waals surface area contributed by atoms with Crippen LogP contribution in [0.25, 0.3) is 11.2 Å². The molecule has 0 aliphatic rings. The molecule has 0 spiro atoms. The Morgan fingerprint density at radius 3 is 2.64 bits per heavy atom. The van der Waals surface area contributed by atoms with Crippen molar-refractivity contribution in [3.8, 4) is 0 Å². The molecule has 0 radical (unpaired) electrons. The van der Waals surface area contributed by atoms with E-state index in [0.717, 1.165) is 0 Å². The lowest BCUT2D eigenvalue weighted by Crippen LogP contribution is -1.99. The quantitative estimate of drug-likeness (QED) is 0.686. The molecule has 0 aliphatic heterocycles. The predicted octanol–water partition coefficient (Wildman–Crippen LogP) is 3.70. The molecule has 0 aromatic carbocycles. The van der Waals surface area contributed by atoms with Gasteiger partial charge in [0.1, 0.15) is 5.52 Å². The maximum absolute atomic E-state index is 5.70. The van der Waals surface area contributed by atoms with Gasteiger partial charge in [-0.15, -0.1) is 0 Å². The molecule has 0 fully saturated rings. The minimum atomic E-state index is -1.69. The molecule has 14 heavy (non-hydrogen) atoms. The summed E-state index contributed by atoms with van der Waals surface area (Å²) in [5, 5.41) is 0.446. The first kappa shape index (κ1) is 10.3. The van der Waals surface area contributed by atoms with Crippen molar-refractivity contribution in [2.45, 2.75) is 3.79 Å². The van der Waals surface area contributed by atoms with Crippen LogP contribution in [0.3, 0.4) is 0 Å². The summed E-state index contributed by atoms with van der Waals surface area (Å²) < 4.78 is 3.42. The lowest BCUT2D eigenvalue weighted by Gasteiger charge is -2.02. The second-order valence-electron chi connectivity index (χ2n) is 2.49. The van der Waals surface area contributed by atoms with E-state index in [1.165, 1.54) is 6.20 Å². The highest BCUT2D eigenvalue weighted by atomic mass is 35.6. The van der Waals surface area contributed by atoms with Gasteiger partial charge >= 0.3 is 0 Å². The first-order valence-electron chi connectivity index (χ1n) is 3.46. The Kier molecular flexibility index (Phi) is 2.52. The van der Waals surface area contributed by atoms with E-state index in [2.05, 4.69) is 9.97 Å². The summed E-state index contributed by atoms with van der Waals surface area (Å²) in [7, 11) is 0. The van der Waals surface area contributed by atoms with Crippen LogP contribution in [0.1, 0.15) is 5.89 Å². The van der Waals surface area contributed by atoms with E-state index in [1.54, 1.807) is 6.07 Å². The number of halogens is 4. The molecule has 2 aromatic rings. The zero-order valence-corrected chi connectivity index (χ0v) is 9.49. The molecule has 0 atom stereocenters. The van der Waals surface area contributed by atoms with E-state index in [0.29, 0.717) is 10.5 Å². The van der Waals surface area contributed by atoms with Crippen LogP contribution in [0.5, 0.6) is 0 Å². The van der Waals surface area contributed by atoms with E-state index < -0.39 is 3.79 Å². The van der Waals surface area contributed by atoms with Crippen LogP contribution in [-0.2, 0) is 3.79 Å². The van der Waals surface area contributed by atoms with Crippen molar-refractivity contribution in [1.29, 1.82) is 0 Å². The average molecular weight is 272 g/mol. The summed E-state index contributed by atoms with van der Waals surface area (Å²) in [4.78, 5) is 7.81. The third kappa shape index (κ3) is 1.91. The molecular formula is C7H2Cl4N2O. The van der Waals surface area contributed by atoms with E-state index in [1.807, 2.05) is 0 Å². The van der Waals surface area contributed by atoms with E-state index in [4.69, 9.17) is 50.8 Å². The maximum Gasteiger partial charge on any atom is 0.266 e. The van der Waals surface area contributed by atoms with E-state index in [9.17, 15) is 0 Å². The molecule has 0 bridgehead atoms. The normalized spacial score (nSPS) is 12.3. The van der Waals surface area contributed by atoms with Gasteiger partial charge in [0.25, 0.3) is 3.79 Å². The summed E-state index contributed by atoms with van der Waals surface area (Å²) in [6.07, 6.45) is 1.43. The van der Waals surface area contributed by atoms with Gasteiger partial charge in [-0.25, -0.2) is 9.97 Å². The zero-order valence-electron chi connectivity index (χ0n) is 6.47. The van der Waals surface area contributed by atoms with Gasteiger partial charge in [-0.1, -0.05) is 46.4 Å². The lowest BCUT2D eigenvalue weighted by molar-refractivity contribution is 0.531. The number of hydrogen-bond acceptors (Lipinski definition) is 3. The Morgan fingerprint density at radius 2 is 2.00 bits per heavy atom.